The lowest BCUT2D eigenvalue weighted by atomic mass is 10.4. The Hall–Kier alpha value is -0.920. The zero-order valence-corrected chi connectivity index (χ0v) is 9.13. The second-order valence-corrected chi connectivity index (χ2v) is 4.94. The fourth-order valence-electron chi connectivity index (χ4n) is 0.782. The van der Waals surface area contributed by atoms with E-state index in [0.29, 0.717) is 11.5 Å². The van der Waals surface area contributed by atoms with Crippen molar-refractivity contribution in [3.63, 3.8) is 0 Å². The minimum atomic E-state index is -3.40. The van der Waals surface area contributed by atoms with Gasteiger partial charge in [-0.1, -0.05) is 0 Å². The summed E-state index contributed by atoms with van der Waals surface area (Å²) in [6, 6.07) is 0. The van der Waals surface area contributed by atoms with E-state index in [2.05, 4.69) is 9.71 Å². The smallest absolute Gasteiger partial charge is 0.279 e. The molecule has 1 N–H and O–H groups in total. The van der Waals surface area contributed by atoms with E-state index >= 15 is 0 Å². The fraction of sp³-hybridized carbons (Fsp3) is 0.571. The predicted octanol–water partition coefficient (Wildman–Crippen LogP) is -0.121. The van der Waals surface area contributed by atoms with Crippen LogP contribution < -0.4 is 4.72 Å². The van der Waals surface area contributed by atoms with E-state index in [0.717, 1.165) is 4.31 Å². The van der Waals surface area contributed by atoms with Crippen molar-refractivity contribution in [3.05, 3.63) is 17.8 Å². The SMILES string of the molecule is Cc1ncoc1CNS(=O)(=O)N(C)C. The second-order valence-electron chi connectivity index (χ2n) is 2.97. The molecule has 0 unspecified atom stereocenters. The maximum atomic E-state index is 11.3. The van der Waals surface area contributed by atoms with Crippen LogP contribution in [0.3, 0.4) is 0 Å². The average Bonchev–Trinajstić information content (AvgIpc) is 2.47. The van der Waals surface area contributed by atoms with E-state index in [4.69, 9.17) is 4.42 Å². The van der Waals surface area contributed by atoms with Crippen LogP contribution in [-0.2, 0) is 16.8 Å². The normalized spacial score (nSPS) is 12.3. The molecule has 0 aromatic carbocycles. The van der Waals surface area contributed by atoms with E-state index in [1.807, 2.05) is 0 Å². The van der Waals surface area contributed by atoms with Crippen molar-refractivity contribution in [2.45, 2.75) is 13.5 Å². The highest BCUT2D eigenvalue weighted by Gasteiger charge is 2.14. The van der Waals surface area contributed by atoms with E-state index in [1.165, 1.54) is 20.5 Å². The molecule has 0 atom stereocenters. The monoisotopic (exact) mass is 219 g/mol. The van der Waals surface area contributed by atoms with Crippen LogP contribution >= 0.6 is 0 Å². The van der Waals surface area contributed by atoms with Crippen molar-refractivity contribution in [2.24, 2.45) is 0 Å². The molecule has 1 heterocycles. The summed E-state index contributed by atoms with van der Waals surface area (Å²) in [5, 5.41) is 0. The number of aromatic nitrogens is 1. The van der Waals surface area contributed by atoms with Gasteiger partial charge in [-0.25, -0.2) is 4.98 Å². The van der Waals surface area contributed by atoms with Gasteiger partial charge < -0.3 is 4.42 Å². The van der Waals surface area contributed by atoms with Gasteiger partial charge in [0.25, 0.3) is 10.2 Å². The number of nitrogens with one attached hydrogen (secondary N) is 1. The van der Waals surface area contributed by atoms with Crippen LogP contribution in [0.15, 0.2) is 10.8 Å². The van der Waals surface area contributed by atoms with Crippen LogP contribution in [0.1, 0.15) is 11.5 Å². The number of aryl methyl sites for hydroxylation is 1. The van der Waals surface area contributed by atoms with E-state index in [-0.39, 0.29) is 6.54 Å². The lowest BCUT2D eigenvalue weighted by molar-refractivity contribution is 0.474. The first kappa shape index (κ1) is 11.2. The average molecular weight is 219 g/mol. The molecule has 1 aromatic heterocycles. The molecule has 14 heavy (non-hydrogen) atoms. The fourth-order valence-corrected chi connectivity index (χ4v) is 1.35. The van der Waals surface area contributed by atoms with Gasteiger partial charge in [0.1, 0.15) is 5.76 Å². The Morgan fingerprint density at radius 3 is 2.64 bits per heavy atom. The lowest BCUT2D eigenvalue weighted by Crippen LogP contribution is -2.35. The van der Waals surface area contributed by atoms with E-state index in [1.54, 1.807) is 6.92 Å². The van der Waals surface area contributed by atoms with Crippen molar-refractivity contribution in [1.82, 2.24) is 14.0 Å². The Kier molecular flexibility index (Phi) is 3.25. The van der Waals surface area contributed by atoms with Gasteiger partial charge in [-0.3, -0.25) is 0 Å². The maximum absolute atomic E-state index is 11.3. The summed E-state index contributed by atoms with van der Waals surface area (Å²) in [5.74, 6) is 0.524. The number of hydrogen-bond acceptors (Lipinski definition) is 4. The van der Waals surface area contributed by atoms with Crippen molar-refractivity contribution >= 4 is 10.2 Å². The first-order valence-electron chi connectivity index (χ1n) is 3.99. The first-order chi connectivity index (χ1) is 6.43. The standard InChI is InChI=1S/C7H13N3O3S/c1-6-7(13-5-8-6)4-9-14(11,12)10(2)3/h5,9H,4H2,1-3H3. The topological polar surface area (TPSA) is 75.4 Å². The molecule has 80 valence electrons. The van der Waals surface area contributed by atoms with Gasteiger partial charge in [0.2, 0.25) is 0 Å². The minimum absolute atomic E-state index is 0.117. The van der Waals surface area contributed by atoms with Crippen LogP contribution in [0.2, 0.25) is 0 Å². The number of rotatable bonds is 4. The molecule has 0 aliphatic rings. The van der Waals surface area contributed by atoms with Crippen molar-refractivity contribution in [2.75, 3.05) is 14.1 Å². The van der Waals surface area contributed by atoms with E-state index < -0.39 is 10.2 Å². The molecular weight excluding hydrogens is 206 g/mol. The number of nitrogens with zero attached hydrogens (tertiary/aromatic N) is 2. The zero-order valence-electron chi connectivity index (χ0n) is 8.31. The minimum Gasteiger partial charge on any atom is -0.447 e. The zero-order chi connectivity index (χ0) is 10.8. The van der Waals surface area contributed by atoms with Crippen LogP contribution in [0, 0.1) is 6.92 Å². The van der Waals surface area contributed by atoms with Gasteiger partial charge in [0.05, 0.1) is 12.2 Å². The summed E-state index contributed by atoms with van der Waals surface area (Å²) in [5.41, 5.74) is 0.687. The quantitative estimate of drug-likeness (QED) is 0.766. The second kappa shape index (κ2) is 4.07. The van der Waals surface area contributed by atoms with Crippen molar-refractivity contribution in [3.8, 4) is 0 Å². The highest BCUT2D eigenvalue weighted by molar-refractivity contribution is 7.87. The van der Waals surface area contributed by atoms with Crippen molar-refractivity contribution in [1.29, 1.82) is 0 Å². The van der Waals surface area contributed by atoms with Gasteiger partial charge in [-0.05, 0) is 6.92 Å². The third kappa shape index (κ3) is 2.53. The van der Waals surface area contributed by atoms with Gasteiger partial charge in [0.15, 0.2) is 6.39 Å². The molecular formula is C7H13N3O3S. The Morgan fingerprint density at radius 1 is 1.57 bits per heavy atom. The van der Waals surface area contributed by atoms with E-state index in [9.17, 15) is 8.42 Å². The van der Waals surface area contributed by atoms with Gasteiger partial charge in [0, 0.05) is 14.1 Å². The summed E-state index contributed by atoms with van der Waals surface area (Å²) in [6.07, 6.45) is 1.29. The third-order valence-corrected chi connectivity index (χ3v) is 3.21. The van der Waals surface area contributed by atoms with Crippen LogP contribution in [0.5, 0.6) is 0 Å². The first-order valence-corrected chi connectivity index (χ1v) is 5.43. The highest BCUT2D eigenvalue weighted by Crippen LogP contribution is 2.04. The molecule has 0 aliphatic heterocycles. The molecule has 1 rings (SSSR count). The molecule has 0 fully saturated rings. The summed E-state index contributed by atoms with van der Waals surface area (Å²) < 4.78 is 31.0. The lowest BCUT2D eigenvalue weighted by Gasteiger charge is -2.11. The Bertz CT molecular complexity index is 396. The molecule has 0 aliphatic carbocycles. The number of hydrogen-bond donors (Lipinski definition) is 1. The molecule has 0 radical (unpaired) electrons. The summed E-state index contributed by atoms with van der Waals surface area (Å²) in [4.78, 5) is 3.85. The molecule has 0 spiro atoms. The van der Waals surface area contributed by atoms with Gasteiger partial charge in [-0.2, -0.15) is 17.4 Å². The molecule has 0 amide bonds. The number of oxazole rings is 1. The predicted molar refractivity (Wildman–Crippen MR) is 50.7 cm³/mol. The Labute approximate surface area is 83.1 Å². The molecule has 1 aromatic rings. The molecule has 6 nitrogen and oxygen atoms in total. The molecule has 0 saturated heterocycles. The molecule has 0 saturated carbocycles. The van der Waals surface area contributed by atoms with Crippen LogP contribution in [0.4, 0.5) is 0 Å². The summed E-state index contributed by atoms with van der Waals surface area (Å²) >= 11 is 0. The summed E-state index contributed by atoms with van der Waals surface area (Å²) in [6.45, 7) is 1.87. The summed E-state index contributed by atoms with van der Waals surface area (Å²) in [7, 11) is -0.488. The van der Waals surface area contributed by atoms with Crippen LogP contribution in [0.25, 0.3) is 0 Å². The molecule has 7 heteroatoms. The van der Waals surface area contributed by atoms with Gasteiger partial charge in [-0.15, -0.1) is 0 Å². The highest BCUT2D eigenvalue weighted by atomic mass is 32.2. The Balaban J connectivity index is 2.62. The van der Waals surface area contributed by atoms with Gasteiger partial charge >= 0.3 is 0 Å². The van der Waals surface area contributed by atoms with Crippen LogP contribution in [-0.4, -0.2) is 31.8 Å². The third-order valence-electron chi connectivity index (χ3n) is 1.74. The molecule has 0 bridgehead atoms. The maximum Gasteiger partial charge on any atom is 0.279 e. The largest absolute Gasteiger partial charge is 0.447 e. The Morgan fingerprint density at radius 2 is 2.21 bits per heavy atom. The van der Waals surface area contributed by atoms with Crippen molar-refractivity contribution < 1.29 is 12.8 Å².